The van der Waals surface area contributed by atoms with Gasteiger partial charge in [0.1, 0.15) is 11.3 Å². The number of hydrogen-bond acceptors (Lipinski definition) is 3. The van der Waals surface area contributed by atoms with E-state index in [0.29, 0.717) is 26.2 Å². The van der Waals surface area contributed by atoms with Crippen LogP contribution in [0.15, 0.2) is 41.2 Å². The zero-order valence-electron chi connectivity index (χ0n) is 16.4. The molecule has 144 valence electrons. The highest BCUT2D eigenvalue weighted by atomic mass is 16.5. The molecule has 0 radical (unpaired) electrons. The van der Waals surface area contributed by atoms with E-state index in [1.165, 1.54) is 5.56 Å². The van der Waals surface area contributed by atoms with Gasteiger partial charge < -0.3 is 14.2 Å². The highest BCUT2D eigenvalue weighted by Crippen LogP contribution is 2.20. The van der Waals surface area contributed by atoms with Crippen LogP contribution >= 0.6 is 0 Å². The van der Waals surface area contributed by atoms with Gasteiger partial charge in [-0.2, -0.15) is 0 Å². The van der Waals surface area contributed by atoms with Crippen molar-refractivity contribution in [2.75, 3.05) is 19.7 Å². The molecule has 3 rings (SSSR count). The van der Waals surface area contributed by atoms with Crippen molar-refractivity contribution in [3.05, 3.63) is 63.6 Å². The van der Waals surface area contributed by atoms with Crippen molar-refractivity contribution in [2.45, 2.75) is 40.2 Å². The Hall–Kier alpha value is -2.56. The topological polar surface area (TPSA) is 51.5 Å². The second-order valence-electron chi connectivity index (χ2n) is 7.32. The Balaban J connectivity index is 1.66. The maximum absolute atomic E-state index is 12.9. The number of carbonyl (C=O) groups is 1. The van der Waals surface area contributed by atoms with Gasteiger partial charge in [-0.3, -0.25) is 9.59 Å². The minimum atomic E-state index is -0.194. The average Bonchev–Trinajstić information content (AvgIpc) is 2.68. The molecule has 0 bridgehead atoms. The van der Waals surface area contributed by atoms with Gasteiger partial charge in [-0.1, -0.05) is 17.7 Å². The number of nitrogens with zero attached hydrogens (tertiary/aromatic N) is 2. The number of aryl methyl sites for hydroxylation is 2. The molecule has 1 atom stereocenters. The zero-order valence-corrected chi connectivity index (χ0v) is 16.4. The number of amides is 1. The lowest BCUT2D eigenvalue weighted by atomic mass is 9.98. The van der Waals surface area contributed by atoms with Gasteiger partial charge in [0.2, 0.25) is 0 Å². The summed E-state index contributed by atoms with van der Waals surface area (Å²) in [6.45, 7) is 8.33. The summed E-state index contributed by atoms with van der Waals surface area (Å²) < 4.78 is 7.55. The summed E-state index contributed by atoms with van der Waals surface area (Å²) in [4.78, 5) is 27.3. The van der Waals surface area contributed by atoms with Crippen LogP contribution in [0.25, 0.3) is 0 Å². The van der Waals surface area contributed by atoms with Gasteiger partial charge in [-0.25, -0.2) is 0 Å². The molecule has 0 saturated carbocycles. The highest BCUT2D eigenvalue weighted by Gasteiger charge is 2.26. The van der Waals surface area contributed by atoms with Crippen LogP contribution in [-0.4, -0.2) is 35.1 Å². The minimum absolute atomic E-state index is 0.165. The van der Waals surface area contributed by atoms with Crippen LogP contribution in [0, 0.1) is 19.8 Å². The number of rotatable bonds is 5. The van der Waals surface area contributed by atoms with Crippen molar-refractivity contribution in [3.63, 3.8) is 0 Å². The van der Waals surface area contributed by atoms with Crippen LogP contribution in [0.3, 0.4) is 0 Å². The number of aromatic nitrogens is 1. The number of carbonyl (C=O) groups excluding carboxylic acids is 1. The Labute approximate surface area is 160 Å². The van der Waals surface area contributed by atoms with Gasteiger partial charge in [0, 0.05) is 31.2 Å². The van der Waals surface area contributed by atoms with Crippen LogP contribution in [0.1, 0.15) is 41.4 Å². The van der Waals surface area contributed by atoms with Crippen molar-refractivity contribution in [1.82, 2.24) is 9.47 Å². The van der Waals surface area contributed by atoms with Gasteiger partial charge in [0.05, 0.1) is 6.61 Å². The lowest BCUT2D eigenvalue weighted by Gasteiger charge is -2.32. The van der Waals surface area contributed by atoms with E-state index < -0.39 is 0 Å². The normalized spacial score (nSPS) is 17.0. The molecule has 1 aromatic heterocycles. The van der Waals surface area contributed by atoms with E-state index in [2.05, 4.69) is 0 Å². The van der Waals surface area contributed by atoms with Crippen molar-refractivity contribution >= 4 is 5.91 Å². The van der Waals surface area contributed by atoms with Crippen LogP contribution < -0.4 is 10.3 Å². The SMILES string of the molecule is CCn1c(C)ccc(C(=O)N2CCCC(COc3ccc(C)cc3)C2)c1=O. The Bertz CT molecular complexity index is 855. The molecule has 1 unspecified atom stereocenters. The molecule has 0 N–H and O–H groups in total. The van der Waals surface area contributed by atoms with E-state index in [-0.39, 0.29) is 22.9 Å². The number of pyridine rings is 1. The zero-order chi connectivity index (χ0) is 19.4. The number of piperidine rings is 1. The van der Waals surface area contributed by atoms with E-state index in [0.717, 1.165) is 24.3 Å². The second-order valence-corrected chi connectivity index (χ2v) is 7.32. The monoisotopic (exact) mass is 368 g/mol. The predicted molar refractivity (Wildman–Crippen MR) is 106 cm³/mol. The summed E-state index contributed by atoms with van der Waals surface area (Å²) in [5, 5.41) is 0. The third kappa shape index (κ3) is 4.41. The van der Waals surface area contributed by atoms with Crippen LogP contribution in [-0.2, 0) is 6.54 Å². The van der Waals surface area contributed by atoms with E-state index in [9.17, 15) is 9.59 Å². The van der Waals surface area contributed by atoms with Gasteiger partial charge >= 0.3 is 0 Å². The molecule has 1 aliphatic rings. The average molecular weight is 368 g/mol. The third-order valence-corrected chi connectivity index (χ3v) is 5.25. The lowest BCUT2D eigenvalue weighted by Crippen LogP contribution is -2.44. The number of ether oxygens (including phenoxy) is 1. The fourth-order valence-electron chi connectivity index (χ4n) is 3.63. The Morgan fingerprint density at radius 3 is 2.59 bits per heavy atom. The molecule has 27 heavy (non-hydrogen) atoms. The number of hydrogen-bond donors (Lipinski definition) is 0. The first-order valence-corrected chi connectivity index (χ1v) is 9.68. The number of benzene rings is 1. The minimum Gasteiger partial charge on any atom is -0.493 e. The molecule has 0 aliphatic carbocycles. The van der Waals surface area contributed by atoms with Crippen molar-refractivity contribution < 1.29 is 9.53 Å². The van der Waals surface area contributed by atoms with Crippen LogP contribution in [0.5, 0.6) is 5.75 Å². The van der Waals surface area contributed by atoms with Crippen molar-refractivity contribution in [1.29, 1.82) is 0 Å². The maximum atomic E-state index is 12.9. The predicted octanol–water partition coefficient (Wildman–Crippen LogP) is 3.42. The molecule has 1 fully saturated rings. The maximum Gasteiger partial charge on any atom is 0.263 e. The summed E-state index contributed by atoms with van der Waals surface area (Å²) in [6, 6.07) is 11.5. The Morgan fingerprint density at radius 1 is 1.15 bits per heavy atom. The van der Waals surface area contributed by atoms with Crippen molar-refractivity contribution in [3.8, 4) is 5.75 Å². The fraction of sp³-hybridized carbons (Fsp3) is 0.455. The Morgan fingerprint density at radius 2 is 1.89 bits per heavy atom. The second kappa shape index (κ2) is 8.42. The van der Waals surface area contributed by atoms with E-state index in [1.807, 2.05) is 51.1 Å². The molecule has 2 heterocycles. The summed E-state index contributed by atoms with van der Waals surface area (Å²) in [6.07, 6.45) is 1.96. The Kier molecular flexibility index (Phi) is 5.99. The molecule has 0 spiro atoms. The van der Waals surface area contributed by atoms with Gasteiger partial charge in [-0.15, -0.1) is 0 Å². The van der Waals surface area contributed by atoms with E-state index >= 15 is 0 Å². The fourth-order valence-corrected chi connectivity index (χ4v) is 3.63. The molecule has 1 amide bonds. The smallest absolute Gasteiger partial charge is 0.263 e. The molecular weight excluding hydrogens is 340 g/mol. The summed E-state index contributed by atoms with van der Waals surface area (Å²) in [5.41, 5.74) is 2.15. The summed E-state index contributed by atoms with van der Waals surface area (Å²) in [5.74, 6) is 0.971. The summed E-state index contributed by atoms with van der Waals surface area (Å²) >= 11 is 0. The molecule has 5 heteroatoms. The molecule has 1 saturated heterocycles. The first kappa shape index (κ1) is 19.2. The lowest BCUT2D eigenvalue weighted by molar-refractivity contribution is 0.0631. The highest BCUT2D eigenvalue weighted by molar-refractivity contribution is 5.94. The molecular formula is C22H28N2O3. The van der Waals surface area contributed by atoms with Gasteiger partial charge in [0.25, 0.3) is 11.5 Å². The van der Waals surface area contributed by atoms with E-state index in [1.54, 1.807) is 15.5 Å². The summed E-state index contributed by atoms with van der Waals surface area (Å²) in [7, 11) is 0. The quantitative estimate of drug-likeness (QED) is 0.813. The van der Waals surface area contributed by atoms with E-state index in [4.69, 9.17) is 4.74 Å². The van der Waals surface area contributed by atoms with Crippen LogP contribution in [0.4, 0.5) is 0 Å². The molecule has 2 aromatic rings. The van der Waals surface area contributed by atoms with Crippen molar-refractivity contribution in [2.24, 2.45) is 5.92 Å². The number of likely N-dealkylation sites (tertiary alicyclic amines) is 1. The molecule has 5 nitrogen and oxygen atoms in total. The van der Waals surface area contributed by atoms with Gasteiger partial charge in [-0.05, 0) is 57.9 Å². The third-order valence-electron chi connectivity index (χ3n) is 5.25. The molecule has 1 aliphatic heterocycles. The molecule has 1 aromatic carbocycles. The first-order chi connectivity index (χ1) is 13.0. The van der Waals surface area contributed by atoms with Gasteiger partial charge in [0.15, 0.2) is 0 Å². The standard InChI is InChI=1S/C22H28N2O3/c1-4-24-17(3)9-12-20(22(24)26)21(25)23-13-5-6-18(14-23)15-27-19-10-7-16(2)8-11-19/h7-12,18H,4-6,13-15H2,1-3H3. The van der Waals surface area contributed by atoms with Crippen LogP contribution in [0.2, 0.25) is 0 Å². The first-order valence-electron chi connectivity index (χ1n) is 9.68. The largest absolute Gasteiger partial charge is 0.493 e.